The van der Waals surface area contributed by atoms with Crippen molar-refractivity contribution in [2.45, 2.75) is 52.1 Å². The van der Waals surface area contributed by atoms with Crippen LogP contribution in [0.3, 0.4) is 0 Å². The largest absolute Gasteiger partial charge is 0.384 e. The van der Waals surface area contributed by atoms with E-state index in [9.17, 15) is 5.11 Å². The standard InChI is InChI=1S/C14H23BrN2O/c1-13(2,3)10-5-7-14(18,8-6-10)12-11(15)9-16-17(12)4/h9-10,18H,5-8H2,1-4H3. The minimum atomic E-state index is -0.716. The summed E-state index contributed by atoms with van der Waals surface area (Å²) in [6, 6.07) is 0. The number of hydrogen-bond acceptors (Lipinski definition) is 2. The second-order valence-electron chi connectivity index (χ2n) is 6.64. The number of aromatic nitrogens is 2. The van der Waals surface area contributed by atoms with E-state index >= 15 is 0 Å². The van der Waals surface area contributed by atoms with Crippen molar-refractivity contribution in [2.75, 3.05) is 0 Å². The van der Waals surface area contributed by atoms with Crippen molar-refractivity contribution in [3.8, 4) is 0 Å². The molecule has 0 radical (unpaired) electrons. The van der Waals surface area contributed by atoms with Crippen LogP contribution in [0.2, 0.25) is 0 Å². The fourth-order valence-corrected chi connectivity index (χ4v) is 3.85. The lowest BCUT2D eigenvalue weighted by Crippen LogP contribution is -2.37. The van der Waals surface area contributed by atoms with Crippen molar-refractivity contribution in [1.29, 1.82) is 0 Å². The van der Waals surface area contributed by atoms with Crippen molar-refractivity contribution in [3.05, 3.63) is 16.4 Å². The lowest BCUT2D eigenvalue weighted by molar-refractivity contribution is -0.0362. The molecule has 3 nitrogen and oxygen atoms in total. The van der Waals surface area contributed by atoms with Crippen molar-refractivity contribution in [1.82, 2.24) is 9.78 Å². The van der Waals surface area contributed by atoms with Gasteiger partial charge in [-0.3, -0.25) is 4.68 Å². The van der Waals surface area contributed by atoms with E-state index in [0.29, 0.717) is 11.3 Å². The van der Waals surface area contributed by atoms with Gasteiger partial charge in [-0.2, -0.15) is 5.10 Å². The fourth-order valence-electron chi connectivity index (χ4n) is 3.13. The van der Waals surface area contributed by atoms with Crippen LogP contribution < -0.4 is 0 Å². The highest BCUT2D eigenvalue weighted by atomic mass is 79.9. The molecule has 0 saturated heterocycles. The lowest BCUT2D eigenvalue weighted by Gasteiger charge is -2.41. The van der Waals surface area contributed by atoms with Crippen LogP contribution >= 0.6 is 15.9 Å². The Hall–Kier alpha value is -0.350. The first-order valence-electron chi connectivity index (χ1n) is 6.64. The number of nitrogens with zero attached hydrogens (tertiary/aromatic N) is 2. The molecule has 1 aliphatic rings. The summed E-state index contributed by atoms with van der Waals surface area (Å²) >= 11 is 3.50. The molecule has 1 saturated carbocycles. The fraction of sp³-hybridized carbons (Fsp3) is 0.786. The average molecular weight is 315 g/mol. The van der Waals surface area contributed by atoms with Gasteiger partial charge in [0.25, 0.3) is 0 Å². The number of hydrogen-bond donors (Lipinski definition) is 1. The molecule has 18 heavy (non-hydrogen) atoms. The van der Waals surface area contributed by atoms with Crippen molar-refractivity contribution >= 4 is 15.9 Å². The van der Waals surface area contributed by atoms with Gasteiger partial charge in [0, 0.05) is 7.05 Å². The third-order valence-electron chi connectivity index (χ3n) is 4.37. The van der Waals surface area contributed by atoms with Crippen LogP contribution in [0, 0.1) is 11.3 Å². The molecule has 0 unspecified atom stereocenters. The maximum absolute atomic E-state index is 10.9. The molecule has 0 aromatic carbocycles. The Balaban J connectivity index is 2.18. The summed E-state index contributed by atoms with van der Waals surface area (Å²) in [6.07, 6.45) is 5.58. The lowest BCUT2D eigenvalue weighted by atomic mass is 9.68. The molecule has 0 bridgehead atoms. The summed E-state index contributed by atoms with van der Waals surface area (Å²) in [5, 5.41) is 15.1. The van der Waals surface area contributed by atoms with Gasteiger partial charge >= 0.3 is 0 Å². The van der Waals surface area contributed by atoms with Gasteiger partial charge in [-0.05, 0) is 52.9 Å². The molecule has 1 aromatic heterocycles. The van der Waals surface area contributed by atoms with E-state index in [4.69, 9.17) is 0 Å². The first-order chi connectivity index (χ1) is 8.24. The molecule has 1 aliphatic carbocycles. The Bertz CT molecular complexity index is 406. The van der Waals surface area contributed by atoms with E-state index in [2.05, 4.69) is 41.8 Å². The highest BCUT2D eigenvalue weighted by Gasteiger charge is 2.41. The summed E-state index contributed by atoms with van der Waals surface area (Å²) in [5.41, 5.74) is 0.548. The highest BCUT2D eigenvalue weighted by Crippen LogP contribution is 2.46. The summed E-state index contributed by atoms with van der Waals surface area (Å²) in [7, 11) is 1.90. The monoisotopic (exact) mass is 314 g/mol. The van der Waals surface area contributed by atoms with Crippen LogP contribution in [0.15, 0.2) is 10.7 Å². The number of aliphatic hydroxyl groups is 1. The SMILES string of the molecule is Cn1ncc(Br)c1C1(O)CCC(C(C)(C)C)CC1. The van der Waals surface area contributed by atoms with Gasteiger partial charge in [0.15, 0.2) is 0 Å². The van der Waals surface area contributed by atoms with E-state index in [0.717, 1.165) is 35.8 Å². The number of aryl methyl sites for hydroxylation is 1. The zero-order valence-corrected chi connectivity index (χ0v) is 13.3. The van der Waals surface area contributed by atoms with Gasteiger partial charge < -0.3 is 5.11 Å². The number of halogens is 1. The van der Waals surface area contributed by atoms with Gasteiger partial charge in [-0.1, -0.05) is 20.8 Å². The molecule has 0 amide bonds. The predicted octanol–water partition coefficient (Wildman–Crippen LogP) is 3.61. The molecule has 1 heterocycles. The van der Waals surface area contributed by atoms with Crippen LogP contribution in [0.4, 0.5) is 0 Å². The molecular formula is C14H23BrN2O. The Morgan fingerprint density at radius 2 is 1.94 bits per heavy atom. The molecule has 1 aromatic rings. The Morgan fingerprint density at radius 3 is 2.33 bits per heavy atom. The van der Waals surface area contributed by atoms with E-state index < -0.39 is 5.60 Å². The summed E-state index contributed by atoms with van der Waals surface area (Å²) in [4.78, 5) is 0. The zero-order valence-electron chi connectivity index (χ0n) is 11.7. The number of rotatable bonds is 1. The molecule has 1 fully saturated rings. The zero-order chi connectivity index (χ0) is 13.6. The minimum Gasteiger partial charge on any atom is -0.384 e. The topological polar surface area (TPSA) is 38.0 Å². The third kappa shape index (κ3) is 2.50. The first kappa shape index (κ1) is 14.1. The highest BCUT2D eigenvalue weighted by molar-refractivity contribution is 9.10. The van der Waals surface area contributed by atoms with Gasteiger partial charge in [0.2, 0.25) is 0 Å². The van der Waals surface area contributed by atoms with Gasteiger partial charge in [0.05, 0.1) is 16.4 Å². The van der Waals surface area contributed by atoms with E-state index in [-0.39, 0.29) is 0 Å². The van der Waals surface area contributed by atoms with Crippen LogP contribution in [0.25, 0.3) is 0 Å². The maximum Gasteiger partial charge on any atom is 0.107 e. The van der Waals surface area contributed by atoms with E-state index in [1.165, 1.54) is 0 Å². The Morgan fingerprint density at radius 1 is 1.39 bits per heavy atom. The van der Waals surface area contributed by atoms with Crippen LogP contribution in [0.5, 0.6) is 0 Å². The molecule has 102 valence electrons. The smallest absolute Gasteiger partial charge is 0.107 e. The van der Waals surface area contributed by atoms with Gasteiger partial charge in [0.1, 0.15) is 5.60 Å². The van der Waals surface area contributed by atoms with Crippen LogP contribution in [0.1, 0.15) is 52.1 Å². The van der Waals surface area contributed by atoms with Crippen LogP contribution in [-0.2, 0) is 12.6 Å². The van der Waals surface area contributed by atoms with E-state index in [1.807, 2.05) is 7.05 Å². The summed E-state index contributed by atoms with van der Waals surface area (Å²) in [5.74, 6) is 0.699. The maximum atomic E-state index is 10.9. The normalized spacial score (nSPS) is 29.6. The van der Waals surface area contributed by atoms with Gasteiger partial charge in [-0.15, -0.1) is 0 Å². The molecule has 1 N–H and O–H groups in total. The molecule has 0 spiro atoms. The molecule has 0 atom stereocenters. The Labute approximate surface area is 118 Å². The molecule has 4 heteroatoms. The van der Waals surface area contributed by atoms with Crippen LogP contribution in [-0.4, -0.2) is 14.9 Å². The predicted molar refractivity (Wildman–Crippen MR) is 76.2 cm³/mol. The quantitative estimate of drug-likeness (QED) is 0.860. The Kier molecular flexibility index (Phi) is 3.63. The third-order valence-corrected chi connectivity index (χ3v) is 4.95. The van der Waals surface area contributed by atoms with Crippen molar-refractivity contribution in [3.63, 3.8) is 0 Å². The summed E-state index contributed by atoms with van der Waals surface area (Å²) in [6.45, 7) is 6.88. The first-order valence-corrected chi connectivity index (χ1v) is 7.44. The molecular weight excluding hydrogens is 292 g/mol. The second-order valence-corrected chi connectivity index (χ2v) is 7.49. The van der Waals surface area contributed by atoms with E-state index in [1.54, 1.807) is 10.9 Å². The minimum absolute atomic E-state index is 0.338. The van der Waals surface area contributed by atoms with Crippen molar-refractivity contribution in [2.24, 2.45) is 18.4 Å². The van der Waals surface area contributed by atoms with Gasteiger partial charge in [-0.25, -0.2) is 0 Å². The second kappa shape index (κ2) is 4.64. The molecule has 2 rings (SSSR count). The summed E-state index contributed by atoms with van der Waals surface area (Å²) < 4.78 is 2.71. The molecule has 0 aliphatic heterocycles. The van der Waals surface area contributed by atoms with Crippen molar-refractivity contribution < 1.29 is 5.11 Å². The average Bonchev–Trinajstić information content (AvgIpc) is 2.58.